The van der Waals surface area contributed by atoms with E-state index < -0.39 is 0 Å². The lowest BCUT2D eigenvalue weighted by molar-refractivity contribution is -0.116. The number of methoxy groups -OCH3 is 1. The minimum atomic E-state index is -0.0125. The third-order valence-electron chi connectivity index (χ3n) is 4.33. The van der Waals surface area contributed by atoms with Crippen LogP contribution in [0.15, 0.2) is 40.8 Å². The smallest absolute Gasteiger partial charge is 0.224 e. The van der Waals surface area contributed by atoms with E-state index in [0.29, 0.717) is 24.4 Å². The van der Waals surface area contributed by atoms with E-state index in [1.54, 1.807) is 7.11 Å². The number of carbonyl (C=O) groups is 1. The maximum absolute atomic E-state index is 12.2. The van der Waals surface area contributed by atoms with Crippen molar-refractivity contribution in [1.82, 2.24) is 0 Å². The fourth-order valence-electron chi connectivity index (χ4n) is 3.01. The second-order valence-corrected chi connectivity index (χ2v) is 6.15. The van der Waals surface area contributed by atoms with Gasteiger partial charge in [-0.3, -0.25) is 4.79 Å². The first-order valence-corrected chi connectivity index (χ1v) is 8.72. The summed E-state index contributed by atoms with van der Waals surface area (Å²) in [5.74, 6) is 0.622. The summed E-state index contributed by atoms with van der Waals surface area (Å²) < 4.78 is 11.3. The minimum absolute atomic E-state index is 0.0125. The van der Waals surface area contributed by atoms with Crippen molar-refractivity contribution in [1.29, 1.82) is 0 Å². The van der Waals surface area contributed by atoms with Crippen LogP contribution in [0.1, 0.15) is 32.1 Å². The van der Waals surface area contributed by atoms with Crippen LogP contribution < -0.4 is 15.8 Å². The van der Waals surface area contributed by atoms with Crippen LogP contribution in [0.3, 0.4) is 0 Å². The summed E-state index contributed by atoms with van der Waals surface area (Å²) >= 11 is 0. The van der Waals surface area contributed by atoms with Gasteiger partial charge in [-0.2, -0.15) is 0 Å². The summed E-state index contributed by atoms with van der Waals surface area (Å²) in [6.45, 7) is 0.709. The Bertz CT molecular complexity index is 870. The van der Waals surface area contributed by atoms with Crippen LogP contribution in [0.2, 0.25) is 0 Å². The molecule has 1 heterocycles. The minimum Gasteiger partial charge on any atom is -0.495 e. The van der Waals surface area contributed by atoms with Gasteiger partial charge in [0.15, 0.2) is 0 Å². The number of furan rings is 1. The average Bonchev–Trinajstić information content (AvgIpc) is 2.98. The normalized spacial score (nSPS) is 11.1. The molecule has 0 bridgehead atoms. The molecule has 5 heteroatoms. The molecule has 0 saturated carbocycles. The SMILES string of the molecule is COc1cc2c(cc1NC(=O)CCCCCCN)oc1ccccc12. The van der Waals surface area contributed by atoms with Gasteiger partial charge in [0.1, 0.15) is 16.9 Å². The van der Waals surface area contributed by atoms with Crippen molar-refractivity contribution in [3.05, 3.63) is 36.4 Å². The van der Waals surface area contributed by atoms with E-state index in [9.17, 15) is 4.79 Å². The van der Waals surface area contributed by atoms with Crippen molar-refractivity contribution < 1.29 is 13.9 Å². The number of para-hydroxylation sites is 1. The third kappa shape index (κ3) is 3.94. The van der Waals surface area contributed by atoms with Gasteiger partial charge in [0, 0.05) is 23.3 Å². The molecule has 0 aliphatic heterocycles. The Hall–Kier alpha value is -2.53. The largest absolute Gasteiger partial charge is 0.495 e. The van der Waals surface area contributed by atoms with Gasteiger partial charge >= 0.3 is 0 Å². The van der Waals surface area contributed by atoms with Gasteiger partial charge in [0.2, 0.25) is 5.91 Å². The van der Waals surface area contributed by atoms with Crippen molar-refractivity contribution in [2.24, 2.45) is 5.73 Å². The number of hydrogen-bond acceptors (Lipinski definition) is 4. The highest BCUT2D eigenvalue weighted by atomic mass is 16.5. The van der Waals surface area contributed by atoms with Crippen LogP contribution in [-0.4, -0.2) is 19.6 Å². The van der Waals surface area contributed by atoms with E-state index in [-0.39, 0.29) is 5.91 Å². The number of rotatable bonds is 8. The van der Waals surface area contributed by atoms with Gasteiger partial charge in [0.05, 0.1) is 12.8 Å². The molecule has 132 valence electrons. The number of nitrogens with one attached hydrogen (secondary N) is 1. The van der Waals surface area contributed by atoms with Crippen LogP contribution in [0.5, 0.6) is 5.75 Å². The zero-order chi connectivity index (χ0) is 17.6. The molecule has 0 saturated heterocycles. The van der Waals surface area contributed by atoms with Crippen LogP contribution in [0, 0.1) is 0 Å². The molecular weight excluding hydrogens is 316 g/mol. The molecule has 5 nitrogen and oxygen atoms in total. The zero-order valence-corrected chi connectivity index (χ0v) is 14.5. The molecule has 0 aliphatic carbocycles. The van der Waals surface area contributed by atoms with E-state index in [1.807, 2.05) is 36.4 Å². The van der Waals surface area contributed by atoms with E-state index in [0.717, 1.165) is 47.6 Å². The quantitative estimate of drug-likeness (QED) is 0.594. The monoisotopic (exact) mass is 340 g/mol. The molecule has 1 aromatic heterocycles. The molecule has 0 aliphatic rings. The fraction of sp³-hybridized carbons (Fsp3) is 0.350. The van der Waals surface area contributed by atoms with Crippen molar-refractivity contribution in [2.45, 2.75) is 32.1 Å². The summed E-state index contributed by atoms with van der Waals surface area (Å²) in [6, 6.07) is 11.6. The second kappa shape index (κ2) is 8.03. The summed E-state index contributed by atoms with van der Waals surface area (Å²) in [4.78, 5) is 12.2. The second-order valence-electron chi connectivity index (χ2n) is 6.15. The maximum atomic E-state index is 12.2. The predicted molar refractivity (Wildman–Crippen MR) is 101 cm³/mol. The van der Waals surface area contributed by atoms with Gasteiger partial charge < -0.3 is 20.2 Å². The Kier molecular flexibility index (Phi) is 5.56. The topological polar surface area (TPSA) is 77.5 Å². The van der Waals surface area contributed by atoms with Gasteiger partial charge in [-0.25, -0.2) is 0 Å². The van der Waals surface area contributed by atoms with E-state index >= 15 is 0 Å². The highest BCUT2D eigenvalue weighted by Gasteiger charge is 2.13. The number of benzene rings is 2. The first kappa shape index (κ1) is 17.3. The van der Waals surface area contributed by atoms with E-state index in [1.165, 1.54) is 0 Å². The lowest BCUT2D eigenvalue weighted by atomic mass is 10.1. The fourth-order valence-corrected chi connectivity index (χ4v) is 3.01. The Morgan fingerprint density at radius 2 is 1.88 bits per heavy atom. The molecule has 3 rings (SSSR count). The highest BCUT2D eigenvalue weighted by Crippen LogP contribution is 2.36. The van der Waals surface area contributed by atoms with Crippen LogP contribution in [-0.2, 0) is 4.79 Å². The number of anilines is 1. The first-order chi connectivity index (χ1) is 12.2. The summed E-state index contributed by atoms with van der Waals surface area (Å²) in [5.41, 5.74) is 7.67. The number of unbranched alkanes of at least 4 members (excludes halogenated alkanes) is 3. The molecule has 2 aromatic carbocycles. The van der Waals surface area contributed by atoms with Crippen molar-refractivity contribution in [3.8, 4) is 5.75 Å². The van der Waals surface area contributed by atoms with Gasteiger partial charge in [-0.15, -0.1) is 0 Å². The molecule has 0 atom stereocenters. The molecule has 0 unspecified atom stereocenters. The van der Waals surface area contributed by atoms with Gasteiger partial charge in [0.25, 0.3) is 0 Å². The molecule has 3 N–H and O–H groups in total. The summed E-state index contributed by atoms with van der Waals surface area (Å²) in [5, 5.41) is 4.95. The predicted octanol–water partition coefficient (Wildman–Crippen LogP) is 4.44. The van der Waals surface area contributed by atoms with Gasteiger partial charge in [-0.1, -0.05) is 31.0 Å². The standard InChI is InChI=1S/C20H24N2O3/c1-24-19-12-15-14-8-5-6-9-17(14)25-18(15)13-16(19)22-20(23)10-4-2-3-7-11-21/h5-6,8-9,12-13H,2-4,7,10-11,21H2,1H3,(H,22,23). The lowest BCUT2D eigenvalue weighted by Crippen LogP contribution is -2.12. The molecule has 0 radical (unpaired) electrons. The van der Waals surface area contributed by atoms with Crippen LogP contribution in [0.4, 0.5) is 5.69 Å². The number of nitrogens with two attached hydrogens (primary N) is 1. The molecule has 3 aromatic rings. The zero-order valence-electron chi connectivity index (χ0n) is 14.5. The Morgan fingerprint density at radius 1 is 1.08 bits per heavy atom. The number of ether oxygens (including phenoxy) is 1. The third-order valence-corrected chi connectivity index (χ3v) is 4.33. The molecule has 25 heavy (non-hydrogen) atoms. The van der Waals surface area contributed by atoms with Crippen molar-refractivity contribution in [3.63, 3.8) is 0 Å². The first-order valence-electron chi connectivity index (χ1n) is 8.72. The Morgan fingerprint density at radius 3 is 2.68 bits per heavy atom. The van der Waals surface area contributed by atoms with Gasteiger partial charge in [-0.05, 0) is 31.5 Å². The van der Waals surface area contributed by atoms with Crippen molar-refractivity contribution in [2.75, 3.05) is 19.0 Å². The number of carbonyl (C=O) groups excluding carboxylic acids is 1. The molecule has 0 spiro atoms. The highest BCUT2D eigenvalue weighted by molar-refractivity contribution is 6.07. The summed E-state index contributed by atoms with van der Waals surface area (Å²) in [6.07, 6.45) is 4.45. The summed E-state index contributed by atoms with van der Waals surface area (Å²) in [7, 11) is 1.60. The molecule has 1 amide bonds. The van der Waals surface area contributed by atoms with Crippen LogP contribution in [0.25, 0.3) is 21.9 Å². The maximum Gasteiger partial charge on any atom is 0.224 e. The van der Waals surface area contributed by atoms with Crippen LogP contribution >= 0.6 is 0 Å². The van der Waals surface area contributed by atoms with E-state index in [2.05, 4.69) is 5.32 Å². The Balaban J connectivity index is 1.76. The number of hydrogen-bond donors (Lipinski definition) is 2. The van der Waals surface area contributed by atoms with Crippen molar-refractivity contribution >= 4 is 33.5 Å². The average molecular weight is 340 g/mol. The Labute approximate surface area is 147 Å². The molecular formula is C20H24N2O3. The van der Waals surface area contributed by atoms with E-state index in [4.69, 9.17) is 14.9 Å². The number of amides is 1. The lowest BCUT2D eigenvalue weighted by Gasteiger charge is -2.10. The molecule has 0 fully saturated rings. The number of fused-ring (bicyclic) bond motifs is 3.